The van der Waals surface area contributed by atoms with Gasteiger partial charge in [-0.05, 0) is 29.7 Å². The second kappa shape index (κ2) is 6.80. The summed E-state index contributed by atoms with van der Waals surface area (Å²) >= 11 is 12.0. The van der Waals surface area contributed by atoms with Gasteiger partial charge in [0.25, 0.3) is 5.91 Å². The van der Waals surface area contributed by atoms with Crippen molar-refractivity contribution in [3.63, 3.8) is 0 Å². The monoisotopic (exact) mass is 387 g/mol. The van der Waals surface area contributed by atoms with Gasteiger partial charge in [0, 0.05) is 22.0 Å². The van der Waals surface area contributed by atoms with Crippen molar-refractivity contribution in [1.29, 1.82) is 0 Å². The number of anilines is 1. The van der Waals surface area contributed by atoms with Gasteiger partial charge in [-0.1, -0.05) is 47.5 Å². The van der Waals surface area contributed by atoms with Crippen molar-refractivity contribution in [2.75, 3.05) is 18.1 Å². The van der Waals surface area contributed by atoms with Crippen LogP contribution in [-0.4, -0.2) is 30.3 Å². The third kappa shape index (κ3) is 3.01. The number of rotatable bonds is 5. The van der Waals surface area contributed by atoms with Crippen LogP contribution in [0.2, 0.25) is 10.0 Å². The molecule has 0 unspecified atom stereocenters. The van der Waals surface area contributed by atoms with Crippen molar-refractivity contribution in [1.82, 2.24) is 0 Å². The van der Waals surface area contributed by atoms with Gasteiger partial charge >= 0.3 is 0 Å². The van der Waals surface area contributed by atoms with Crippen LogP contribution < -0.4 is 9.64 Å². The zero-order valence-electron chi connectivity index (χ0n) is 13.7. The minimum atomic E-state index is -0.876. The number of ether oxygens (including phenoxy) is 1. The van der Waals surface area contributed by atoms with Gasteiger partial charge in [-0.2, -0.15) is 0 Å². The number of carbonyl (C=O) groups excluding carboxylic acids is 1. The molecule has 0 saturated heterocycles. The maximum Gasteiger partial charge on any atom is 0.259 e. The fourth-order valence-electron chi connectivity index (χ4n) is 3.20. The first-order valence-corrected chi connectivity index (χ1v) is 8.90. The van der Waals surface area contributed by atoms with E-state index in [0.29, 0.717) is 21.4 Å². The van der Waals surface area contributed by atoms with E-state index in [9.17, 15) is 9.90 Å². The van der Waals surface area contributed by atoms with Gasteiger partial charge in [0.2, 0.25) is 0 Å². The summed E-state index contributed by atoms with van der Waals surface area (Å²) in [5, 5.41) is 13.2. The molecular weight excluding hydrogens is 373 g/mol. The molecule has 1 N–H and O–H groups in total. The largest absolute Gasteiger partial charge is 0.489 e. The molecule has 3 aromatic rings. The third-order valence-electron chi connectivity index (χ3n) is 4.37. The lowest BCUT2D eigenvalue weighted by Gasteiger charge is -2.22. The first-order chi connectivity index (χ1) is 12.5. The van der Waals surface area contributed by atoms with Gasteiger partial charge in [-0.15, -0.1) is 0 Å². The minimum absolute atomic E-state index is 0.00381. The van der Waals surface area contributed by atoms with Crippen LogP contribution in [0.4, 0.5) is 5.69 Å². The Balaban J connectivity index is 1.50. The second-order valence-corrected chi connectivity index (χ2v) is 6.98. The quantitative estimate of drug-likeness (QED) is 0.698. The number of carbonyl (C=O) groups is 1. The van der Waals surface area contributed by atoms with E-state index in [4.69, 9.17) is 27.9 Å². The molecule has 1 atom stereocenters. The maximum atomic E-state index is 12.7. The second-order valence-electron chi connectivity index (χ2n) is 6.14. The van der Waals surface area contributed by atoms with Crippen LogP contribution in [-0.2, 0) is 0 Å². The number of hydrogen-bond donors (Lipinski definition) is 1. The zero-order chi connectivity index (χ0) is 18.3. The zero-order valence-corrected chi connectivity index (χ0v) is 15.2. The van der Waals surface area contributed by atoms with Crippen LogP contribution in [0.15, 0.2) is 54.6 Å². The van der Waals surface area contributed by atoms with Crippen LogP contribution >= 0.6 is 23.2 Å². The summed E-state index contributed by atoms with van der Waals surface area (Å²) in [4.78, 5) is 14.3. The van der Waals surface area contributed by atoms with Gasteiger partial charge in [0.15, 0.2) is 0 Å². The number of aliphatic hydroxyl groups is 1. The summed E-state index contributed by atoms with van der Waals surface area (Å²) in [6.07, 6.45) is -0.876. The normalized spacial score (nSPS) is 14.1. The molecule has 4 nitrogen and oxygen atoms in total. The summed E-state index contributed by atoms with van der Waals surface area (Å²) in [5.41, 5.74) is 1.46. The Kier molecular flexibility index (Phi) is 4.49. The molecule has 0 spiro atoms. The van der Waals surface area contributed by atoms with Gasteiger partial charge in [0.05, 0.1) is 17.3 Å². The predicted molar refractivity (Wildman–Crippen MR) is 104 cm³/mol. The topological polar surface area (TPSA) is 49.8 Å². The SMILES string of the molecule is O=C1c2cccc3cccc(c23)N1C[C@H](O)COc1cc(Cl)ccc1Cl. The summed E-state index contributed by atoms with van der Waals surface area (Å²) in [6.45, 7) is 0.126. The Hall–Kier alpha value is -2.27. The molecule has 4 rings (SSSR count). The number of amides is 1. The molecule has 1 aliphatic rings. The van der Waals surface area contributed by atoms with Gasteiger partial charge in [0.1, 0.15) is 18.5 Å². The lowest BCUT2D eigenvalue weighted by atomic mass is 10.1. The maximum absolute atomic E-state index is 12.7. The highest BCUT2D eigenvalue weighted by atomic mass is 35.5. The fourth-order valence-corrected chi connectivity index (χ4v) is 3.53. The molecule has 1 amide bonds. The third-order valence-corrected chi connectivity index (χ3v) is 4.91. The van der Waals surface area contributed by atoms with Gasteiger partial charge in [-0.25, -0.2) is 0 Å². The molecule has 26 heavy (non-hydrogen) atoms. The van der Waals surface area contributed by atoms with E-state index in [1.807, 2.05) is 36.4 Å². The number of aliphatic hydroxyl groups excluding tert-OH is 1. The van der Waals surface area contributed by atoms with E-state index >= 15 is 0 Å². The molecule has 0 aromatic heterocycles. The molecule has 1 heterocycles. The number of benzene rings is 3. The van der Waals surface area contributed by atoms with Gasteiger partial charge < -0.3 is 14.7 Å². The summed E-state index contributed by atoms with van der Waals surface area (Å²) in [7, 11) is 0. The molecule has 132 valence electrons. The van der Waals surface area contributed by atoms with Crippen LogP contribution in [0.3, 0.4) is 0 Å². The van der Waals surface area contributed by atoms with Crippen molar-refractivity contribution in [2.24, 2.45) is 0 Å². The summed E-state index contributed by atoms with van der Waals surface area (Å²) in [6, 6.07) is 16.3. The molecule has 3 aromatic carbocycles. The lowest BCUT2D eigenvalue weighted by Crippen LogP contribution is -2.37. The van der Waals surface area contributed by atoms with Crippen molar-refractivity contribution in [2.45, 2.75) is 6.10 Å². The van der Waals surface area contributed by atoms with E-state index in [0.717, 1.165) is 16.5 Å². The van der Waals surface area contributed by atoms with E-state index in [2.05, 4.69) is 0 Å². The highest BCUT2D eigenvalue weighted by Crippen LogP contribution is 2.37. The molecule has 0 fully saturated rings. The standard InChI is InChI=1S/C20H15Cl2NO3/c21-13-7-8-16(22)18(9-13)26-11-14(24)10-23-17-6-2-4-12-3-1-5-15(19(12)17)20(23)25/h1-9,14,24H,10-11H2/t14-/m0/s1. The lowest BCUT2D eigenvalue weighted by molar-refractivity contribution is 0.0914. The Morgan fingerprint density at radius 2 is 1.85 bits per heavy atom. The molecule has 6 heteroatoms. The average molecular weight is 388 g/mol. The van der Waals surface area contributed by atoms with Crippen LogP contribution in [0.25, 0.3) is 10.8 Å². The van der Waals surface area contributed by atoms with Crippen molar-refractivity contribution < 1.29 is 14.6 Å². The van der Waals surface area contributed by atoms with E-state index in [-0.39, 0.29) is 19.1 Å². The van der Waals surface area contributed by atoms with E-state index in [1.54, 1.807) is 23.1 Å². The Labute approximate surface area is 160 Å². The highest BCUT2D eigenvalue weighted by Gasteiger charge is 2.30. The smallest absolute Gasteiger partial charge is 0.259 e. The summed E-state index contributed by atoms with van der Waals surface area (Å²) in [5.74, 6) is 0.285. The van der Waals surface area contributed by atoms with Crippen molar-refractivity contribution >= 4 is 45.6 Å². The summed E-state index contributed by atoms with van der Waals surface area (Å²) < 4.78 is 5.57. The van der Waals surface area contributed by atoms with Crippen molar-refractivity contribution in [3.8, 4) is 5.75 Å². The highest BCUT2D eigenvalue weighted by molar-refractivity contribution is 6.34. The first-order valence-electron chi connectivity index (χ1n) is 8.14. The Bertz CT molecular complexity index is 1000. The molecular formula is C20H15Cl2NO3. The first kappa shape index (κ1) is 17.2. The molecule has 0 bridgehead atoms. The molecule has 0 radical (unpaired) electrons. The van der Waals surface area contributed by atoms with Crippen molar-refractivity contribution in [3.05, 3.63) is 70.2 Å². The predicted octanol–water partition coefficient (Wildman–Crippen LogP) is 4.55. The molecule has 0 saturated carbocycles. The van der Waals surface area contributed by atoms with Crippen LogP contribution in [0.1, 0.15) is 10.4 Å². The minimum Gasteiger partial charge on any atom is -0.489 e. The molecule has 1 aliphatic heterocycles. The number of β-amino-alcohol motifs (C(OH)–C–C–N with tert-alkyl or cyclic N) is 1. The molecule has 0 aliphatic carbocycles. The average Bonchev–Trinajstić information content (AvgIpc) is 2.91. The van der Waals surface area contributed by atoms with E-state index in [1.165, 1.54) is 0 Å². The number of halogens is 2. The number of hydrogen-bond acceptors (Lipinski definition) is 3. The Morgan fingerprint density at radius 3 is 2.65 bits per heavy atom. The van der Waals surface area contributed by atoms with Gasteiger partial charge in [-0.3, -0.25) is 4.79 Å². The van der Waals surface area contributed by atoms with E-state index < -0.39 is 6.10 Å². The van der Waals surface area contributed by atoms with Crippen LogP contribution in [0, 0.1) is 0 Å². The fraction of sp³-hybridized carbons (Fsp3) is 0.150. The van der Waals surface area contributed by atoms with Crippen LogP contribution in [0.5, 0.6) is 5.75 Å². The number of nitrogens with zero attached hydrogens (tertiary/aromatic N) is 1. The Morgan fingerprint density at radius 1 is 1.08 bits per heavy atom.